The molecule has 0 aromatic rings. The van der Waals surface area contributed by atoms with Crippen molar-refractivity contribution < 1.29 is 51.9 Å². The van der Waals surface area contributed by atoms with Crippen LogP contribution < -0.4 is 0 Å². The first kappa shape index (κ1) is 24.9. The van der Waals surface area contributed by atoms with Crippen LogP contribution in [-0.2, 0) is 12.3 Å². The first-order chi connectivity index (χ1) is 12.0. The Labute approximate surface area is 155 Å². The summed E-state index contributed by atoms with van der Waals surface area (Å²) in [6.07, 6.45) is -18.0. The molecule has 0 saturated carbocycles. The summed E-state index contributed by atoms with van der Waals surface area (Å²) in [7, 11) is -9.30. The van der Waals surface area contributed by atoms with Crippen molar-refractivity contribution in [3.8, 4) is 0 Å². The molecule has 0 N–H and O–H groups in total. The Balaban J connectivity index is 3.12. The summed E-state index contributed by atoms with van der Waals surface area (Å²) in [5, 5.41) is 0. The minimum Gasteiger partial charge on any atom is -0.422 e. The standard InChI is InChI=1S/C12H21F9O3Si3/c1-7(4-10(13,14)15)26-22-25-23-27(24-26,8(2)5-11(16,17)18)9(3)6-12(19,20)21/h7-9,26H,4-6,25H2,1-3H3. The lowest BCUT2D eigenvalue weighted by Crippen LogP contribution is -2.60. The van der Waals surface area contributed by atoms with Gasteiger partial charge >= 0.3 is 36.4 Å². The van der Waals surface area contributed by atoms with Crippen molar-refractivity contribution in [2.24, 2.45) is 0 Å². The molecule has 27 heavy (non-hydrogen) atoms. The monoisotopic (exact) mass is 468 g/mol. The summed E-state index contributed by atoms with van der Waals surface area (Å²) >= 11 is 0. The van der Waals surface area contributed by atoms with E-state index in [0.717, 1.165) is 13.8 Å². The van der Waals surface area contributed by atoms with Crippen LogP contribution >= 0.6 is 0 Å². The van der Waals surface area contributed by atoms with Crippen LogP contribution in [0, 0.1) is 0 Å². The highest BCUT2D eigenvalue weighted by atomic mass is 28.5. The maximum absolute atomic E-state index is 12.8. The van der Waals surface area contributed by atoms with Crippen molar-refractivity contribution in [2.75, 3.05) is 0 Å². The molecule has 0 aliphatic carbocycles. The van der Waals surface area contributed by atoms with Gasteiger partial charge in [-0.15, -0.1) is 0 Å². The molecule has 1 aliphatic rings. The van der Waals surface area contributed by atoms with E-state index in [1.165, 1.54) is 6.92 Å². The van der Waals surface area contributed by atoms with Crippen molar-refractivity contribution in [3.63, 3.8) is 0 Å². The maximum atomic E-state index is 12.8. The summed E-state index contributed by atoms with van der Waals surface area (Å²) in [6, 6.07) is 0. The normalized spacial score (nSPS) is 29.6. The second-order valence-corrected chi connectivity index (χ2v) is 15.8. The molecule has 162 valence electrons. The Kier molecular flexibility index (Phi) is 8.06. The molecule has 1 aliphatic heterocycles. The molecule has 0 spiro atoms. The van der Waals surface area contributed by atoms with Crippen molar-refractivity contribution in [1.29, 1.82) is 0 Å². The third-order valence-electron chi connectivity index (χ3n) is 4.28. The molecule has 0 radical (unpaired) electrons. The van der Waals surface area contributed by atoms with Crippen LogP contribution in [0.25, 0.3) is 0 Å². The van der Waals surface area contributed by atoms with Crippen molar-refractivity contribution in [3.05, 3.63) is 0 Å². The van der Waals surface area contributed by atoms with E-state index >= 15 is 0 Å². The molecule has 1 rings (SSSR count). The Morgan fingerprint density at radius 1 is 0.778 bits per heavy atom. The van der Waals surface area contributed by atoms with Crippen LogP contribution in [0.5, 0.6) is 0 Å². The summed E-state index contributed by atoms with van der Waals surface area (Å²) in [5.74, 6) is 0. The highest BCUT2D eigenvalue weighted by Gasteiger charge is 2.57. The second kappa shape index (κ2) is 8.73. The first-order valence-corrected chi connectivity index (χ1v) is 12.8. The molecule has 1 heterocycles. The molecular weight excluding hydrogens is 447 g/mol. The van der Waals surface area contributed by atoms with Crippen LogP contribution in [0.4, 0.5) is 39.5 Å². The third-order valence-corrected chi connectivity index (χ3v) is 15.1. The van der Waals surface area contributed by atoms with Gasteiger partial charge in [0.2, 0.25) is 0 Å². The molecule has 3 nitrogen and oxygen atoms in total. The molecular formula is C12H21F9O3Si3. The lowest BCUT2D eigenvalue weighted by molar-refractivity contribution is -0.138. The third kappa shape index (κ3) is 8.04. The fourth-order valence-electron chi connectivity index (χ4n) is 3.17. The van der Waals surface area contributed by atoms with Crippen LogP contribution in [0.15, 0.2) is 0 Å². The zero-order valence-corrected chi connectivity index (χ0v) is 18.3. The van der Waals surface area contributed by atoms with Gasteiger partial charge < -0.3 is 12.3 Å². The van der Waals surface area contributed by atoms with Gasteiger partial charge in [0.1, 0.15) is 0 Å². The minimum absolute atomic E-state index is 1.09. The molecule has 1 fully saturated rings. The Hall–Kier alpha value is -0.0994. The average molecular weight is 469 g/mol. The molecule has 0 aromatic carbocycles. The predicted molar refractivity (Wildman–Crippen MR) is 85.0 cm³/mol. The van der Waals surface area contributed by atoms with Gasteiger partial charge in [0, 0.05) is 35.9 Å². The fourth-order valence-corrected chi connectivity index (χ4v) is 17.4. The highest BCUT2D eigenvalue weighted by Crippen LogP contribution is 2.47. The van der Waals surface area contributed by atoms with Crippen molar-refractivity contribution in [1.82, 2.24) is 0 Å². The van der Waals surface area contributed by atoms with E-state index < -0.39 is 82.3 Å². The zero-order valence-electron chi connectivity index (χ0n) is 14.8. The molecule has 15 heteroatoms. The Morgan fingerprint density at radius 3 is 1.56 bits per heavy atom. The summed E-state index contributed by atoms with van der Waals surface area (Å²) < 4.78 is 131. The topological polar surface area (TPSA) is 27.7 Å². The first-order valence-electron chi connectivity index (χ1n) is 8.09. The van der Waals surface area contributed by atoms with E-state index in [0.29, 0.717) is 0 Å². The summed E-state index contributed by atoms with van der Waals surface area (Å²) in [4.78, 5) is 0. The number of halogens is 9. The molecule has 1 saturated heterocycles. The van der Waals surface area contributed by atoms with E-state index in [2.05, 4.69) is 0 Å². The number of hydrogen-bond donors (Lipinski definition) is 0. The Bertz CT molecular complexity index is 461. The lowest BCUT2D eigenvalue weighted by Gasteiger charge is -2.47. The maximum Gasteiger partial charge on any atom is 0.389 e. The van der Waals surface area contributed by atoms with Crippen LogP contribution in [0.2, 0.25) is 16.6 Å². The second-order valence-electron chi connectivity index (χ2n) is 6.87. The minimum atomic E-state index is -4.67. The van der Waals surface area contributed by atoms with Gasteiger partial charge in [-0.25, -0.2) is 0 Å². The Morgan fingerprint density at radius 2 is 1.19 bits per heavy atom. The molecule has 0 bridgehead atoms. The number of alkyl halides is 9. The summed E-state index contributed by atoms with van der Waals surface area (Å²) in [6.45, 7) is 3.37. The van der Waals surface area contributed by atoms with Gasteiger partial charge in [0.05, 0.1) is 0 Å². The number of rotatable bonds is 6. The van der Waals surface area contributed by atoms with E-state index in [-0.39, 0.29) is 0 Å². The lowest BCUT2D eigenvalue weighted by atomic mass is 10.3. The highest BCUT2D eigenvalue weighted by molar-refractivity contribution is 6.82. The molecule has 0 aromatic heterocycles. The van der Waals surface area contributed by atoms with E-state index in [1.54, 1.807) is 0 Å². The van der Waals surface area contributed by atoms with Gasteiger partial charge in [-0.1, -0.05) is 20.8 Å². The van der Waals surface area contributed by atoms with Gasteiger partial charge in [0.25, 0.3) is 10.0 Å². The summed E-state index contributed by atoms with van der Waals surface area (Å²) in [5.41, 5.74) is -3.96. The number of hydrogen-bond acceptors (Lipinski definition) is 3. The van der Waals surface area contributed by atoms with Gasteiger partial charge in [-0.05, 0) is 0 Å². The van der Waals surface area contributed by atoms with Crippen LogP contribution in [0.3, 0.4) is 0 Å². The van der Waals surface area contributed by atoms with Gasteiger partial charge in [-0.2, -0.15) is 39.5 Å². The molecule has 4 unspecified atom stereocenters. The van der Waals surface area contributed by atoms with Crippen LogP contribution in [0.1, 0.15) is 40.0 Å². The van der Waals surface area contributed by atoms with Crippen molar-refractivity contribution in [2.45, 2.75) is 75.2 Å². The van der Waals surface area contributed by atoms with Crippen LogP contribution in [-0.4, -0.2) is 46.4 Å². The molecule has 0 amide bonds. The zero-order chi connectivity index (χ0) is 21.3. The van der Waals surface area contributed by atoms with E-state index in [1.807, 2.05) is 0 Å². The van der Waals surface area contributed by atoms with Gasteiger partial charge in [0.15, 0.2) is 0 Å². The van der Waals surface area contributed by atoms with E-state index in [9.17, 15) is 39.5 Å². The van der Waals surface area contributed by atoms with Gasteiger partial charge in [-0.3, -0.25) is 0 Å². The average Bonchev–Trinajstić information content (AvgIpc) is 2.41. The fraction of sp³-hybridized carbons (Fsp3) is 1.00. The van der Waals surface area contributed by atoms with E-state index in [4.69, 9.17) is 12.3 Å². The molecule has 4 atom stereocenters. The quantitative estimate of drug-likeness (QED) is 0.416. The smallest absolute Gasteiger partial charge is 0.389 e. The van der Waals surface area contributed by atoms with Crippen molar-refractivity contribution >= 4 is 27.9 Å². The predicted octanol–water partition coefficient (Wildman–Crippen LogP) is 4.74. The SMILES string of the molecule is CC(CC(F)(F)F)[SiH]1O[SiH2]O[Si](C(C)CC(F)(F)F)(C(C)CC(F)(F)F)O1. The largest absolute Gasteiger partial charge is 0.422 e.